The molecule has 106 valence electrons. The molecule has 0 fully saturated rings. The van der Waals surface area contributed by atoms with Gasteiger partial charge >= 0.3 is 0 Å². The highest BCUT2D eigenvalue weighted by molar-refractivity contribution is 5.95. The molecule has 0 spiro atoms. The third-order valence-electron chi connectivity index (χ3n) is 2.61. The molecule has 0 bridgehead atoms. The van der Waals surface area contributed by atoms with E-state index < -0.39 is 0 Å². The van der Waals surface area contributed by atoms with E-state index in [0.29, 0.717) is 31.3 Å². The van der Waals surface area contributed by atoms with Crippen molar-refractivity contribution >= 4 is 11.6 Å². The summed E-state index contributed by atoms with van der Waals surface area (Å²) in [7, 11) is 1.64. The van der Waals surface area contributed by atoms with E-state index in [1.165, 1.54) is 6.07 Å². The number of benzene rings is 1. The molecule has 19 heavy (non-hydrogen) atoms. The number of hydrazine groups is 1. The number of hydrogen-bond donors (Lipinski definition) is 2. The molecule has 0 atom stereocenters. The average Bonchev–Trinajstić information content (AvgIpc) is 2.44. The number of hydrogen-bond acceptors (Lipinski definition) is 3. The lowest BCUT2D eigenvalue weighted by molar-refractivity contribution is 0.197. The fourth-order valence-electron chi connectivity index (χ4n) is 1.71. The number of ether oxygens (including phenoxy) is 1. The van der Waals surface area contributed by atoms with Crippen molar-refractivity contribution in [2.24, 2.45) is 10.8 Å². The summed E-state index contributed by atoms with van der Waals surface area (Å²) in [5.41, 5.74) is 2.98. The van der Waals surface area contributed by atoms with Gasteiger partial charge in [-0.1, -0.05) is 12.1 Å². The summed E-state index contributed by atoms with van der Waals surface area (Å²) >= 11 is 0. The van der Waals surface area contributed by atoms with E-state index in [1.807, 2.05) is 6.92 Å². The molecule has 0 saturated heterocycles. The molecule has 0 aliphatic heterocycles. The van der Waals surface area contributed by atoms with Crippen LogP contribution in [-0.2, 0) is 4.74 Å². The number of nitrogens with one attached hydrogen (secondary N) is 1. The maximum absolute atomic E-state index is 13.8. The average molecular weight is 268 g/mol. The molecule has 5 nitrogen and oxygen atoms in total. The summed E-state index contributed by atoms with van der Waals surface area (Å²) in [6.07, 6.45) is 0.788. The first-order chi connectivity index (χ1) is 9.24. The van der Waals surface area contributed by atoms with Gasteiger partial charge in [-0.2, -0.15) is 0 Å². The van der Waals surface area contributed by atoms with Crippen molar-refractivity contribution in [1.29, 1.82) is 0 Å². The fourth-order valence-corrected chi connectivity index (χ4v) is 1.71. The van der Waals surface area contributed by atoms with Gasteiger partial charge in [-0.3, -0.25) is 10.4 Å². The standard InChI is InChI=1S/C13H21FN4O/c1-3-18(12-8-5-4-7-11(12)14)13(17-15)16-9-6-10-19-2/h4-5,7-8H,3,6,9-10,15H2,1-2H3,(H,16,17). The highest BCUT2D eigenvalue weighted by atomic mass is 19.1. The van der Waals surface area contributed by atoms with Crippen molar-refractivity contribution in [3.63, 3.8) is 0 Å². The molecule has 0 radical (unpaired) electrons. The van der Waals surface area contributed by atoms with E-state index in [9.17, 15) is 4.39 Å². The molecule has 6 heteroatoms. The topological polar surface area (TPSA) is 62.9 Å². The van der Waals surface area contributed by atoms with Crippen LogP contribution in [0.3, 0.4) is 0 Å². The van der Waals surface area contributed by atoms with E-state index in [2.05, 4.69) is 10.4 Å². The lowest BCUT2D eigenvalue weighted by Gasteiger charge is -2.24. The predicted molar refractivity (Wildman–Crippen MR) is 75.5 cm³/mol. The monoisotopic (exact) mass is 268 g/mol. The van der Waals surface area contributed by atoms with Gasteiger partial charge in [-0.25, -0.2) is 10.2 Å². The predicted octanol–water partition coefficient (Wildman–Crippen LogP) is 1.51. The van der Waals surface area contributed by atoms with Gasteiger partial charge in [0.25, 0.3) is 0 Å². The summed E-state index contributed by atoms with van der Waals surface area (Å²) in [6, 6.07) is 6.54. The zero-order valence-corrected chi connectivity index (χ0v) is 11.4. The number of rotatable bonds is 6. The Morgan fingerprint density at radius 2 is 2.21 bits per heavy atom. The van der Waals surface area contributed by atoms with Crippen LogP contribution < -0.4 is 16.2 Å². The lowest BCUT2D eigenvalue weighted by Crippen LogP contribution is -2.45. The molecule has 1 aromatic carbocycles. The van der Waals surface area contributed by atoms with Crippen LogP contribution in [0.2, 0.25) is 0 Å². The number of halogens is 1. The van der Waals surface area contributed by atoms with Crippen LogP contribution >= 0.6 is 0 Å². The van der Waals surface area contributed by atoms with Crippen molar-refractivity contribution in [3.05, 3.63) is 30.1 Å². The van der Waals surface area contributed by atoms with Crippen LogP contribution in [0.4, 0.5) is 10.1 Å². The maximum Gasteiger partial charge on any atom is 0.213 e. The Hall–Kier alpha value is -1.66. The Labute approximate surface area is 113 Å². The van der Waals surface area contributed by atoms with Crippen molar-refractivity contribution in [1.82, 2.24) is 5.43 Å². The molecule has 0 aliphatic rings. The number of para-hydroxylation sites is 1. The largest absolute Gasteiger partial charge is 0.385 e. The zero-order valence-electron chi connectivity index (χ0n) is 11.4. The van der Waals surface area contributed by atoms with Crippen molar-refractivity contribution in [2.45, 2.75) is 13.3 Å². The third-order valence-corrected chi connectivity index (χ3v) is 2.61. The van der Waals surface area contributed by atoms with Gasteiger partial charge in [0, 0.05) is 26.8 Å². The molecule has 0 heterocycles. The van der Waals surface area contributed by atoms with E-state index >= 15 is 0 Å². The van der Waals surface area contributed by atoms with E-state index in [4.69, 9.17) is 10.6 Å². The normalized spacial score (nSPS) is 11.5. The molecule has 0 aromatic heterocycles. The fraction of sp³-hybridized carbons (Fsp3) is 0.462. The third kappa shape index (κ3) is 4.50. The van der Waals surface area contributed by atoms with Gasteiger partial charge in [0.15, 0.2) is 0 Å². The number of nitrogens with two attached hydrogens (primary N) is 1. The smallest absolute Gasteiger partial charge is 0.213 e. The van der Waals surface area contributed by atoms with Gasteiger partial charge in [0.2, 0.25) is 5.96 Å². The minimum atomic E-state index is -0.302. The van der Waals surface area contributed by atoms with E-state index in [1.54, 1.807) is 30.2 Å². The molecule has 0 unspecified atom stereocenters. The van der Waals surface area contributed by atoms with Crippen LogP contribution in [-0.4, -0.2) is 32.8 Å². The molecule has 3 N–H and O–H groups in total. The number of aliphatic imine (C=N–C) groups is 1. The SMILES string of the molecule is CCN(C(=NCCCOC)NN)c1ccccc1F. The highest BCUT2D eigenvalue weighted by Gasteiger charge is 2.14. The van der Waals surface area contributed by atoms with Crippen molar-refractivity contribution in [2.75, 3.05) is 31.7 Å². The van der Waals surface area contributed by atoms with Gasteiger partial charge in [-0.15, -0.1) is 0 Å². The molecule has 0 aliphatic carbocycles. The lowest BCUT2D eigenvalue weighted by atomic mass is 10.3. The zero-order chi connectivity index (χ0) is 14.1. The molecule has 0 saturated carbocycles. The van der Waals surface area contributed by atoms with Gasteiger partial charge in [0.1, 0.15) is 5.82 Å². The number of methoxy groups -OCH3 is 1. The summed E-state index contributed by atoms with van der Waals surface area (Å²) in [4.78, 5) is 6.02. The number of anilines is 1. The van der Waals surface area contributed by atoms with Gasteiger partial charge in [-0.05, 0) is 25.5 Å². The minimum Gasteiger partial charge on any atom is -0.385 e. The minimum absolute atomic E-state index is 0.302. The second kappa shape index (κ2) is 8.44. The van der Waals surface area contributed by atoms with Crippen LogP contribution in [0.5, 0.6) is 0 Å². The van der Waals surface area contributed by atoms with E-state index in [0.717, 1.165) is 6.42 Å². The molecule has 1 aromatic rings. The quantitative estimate of drug-likeness (QED) is 0.270. The Morgan fingerprint density at radius 1 is 1.47 bits per heavy atom. The number of guanidine groups is 1. The summed E-state index contributed by atoms with van der Waals surface area (Å²) in [5, 5.41) is 0. The Balaban J connectivity index is 2.84. The van der Waals surface area contributed by atoms with Crippen LogP contribution in [0, 0.1) is 5.82 Å². The van der Waals surface area contributed by atoms with Crippen molar-refractivity contribution in [3.8, 4) is 0 Å². The van der Waals surface area contributed by atoms with Gasteiger partial charge < -0.3 is 9.64 Å². The number of nitrogens with zero attached hydrogens (tertiary/aromatic N) is 2. The molecular formula is C13H21FN4O. The first-order valence-corrected chi connectivity index (χ1v) is 6.26. The molecular weight excluding hydrogens is 247 g/mol. The second-order valence-corrected chi connectivity index (χ2v) is 3.89. The second-order valence-electron chi connectivity index (χ2n) is 3.89. The first kappa shape index (κ1) is 15.4. The summed E-state index contributed by atoms with van der Waals surface area (Å²) < 4.78 is 18.7. The van der Waals surface area contributed by atoms with Crippen LogP contribution in [0.25, 0.3) is 0 Å². The molecule has 0 amide bonds. The Kier molecular flexibility index (Phi) is 6.84. The first-order valence-electron chi connectivity index (χ1n) is 6.26. The Morgan fingerprint density at radius 3 is 2.79 bits per heavy atom. The summed E-state index contributed by atoms with van der Waals surface area (Å²) in [5.74, 6) is 5.62. The summed E-state index contributed by atoms with van der Waals surface area (Å²) in [6.45, 7) is 3.67. The highest BCUT2D eigenvalue weighted by Crippen LogP contribution is 2.18. The van der Waals surface area contributed by atoms with Gasteiger partial charge in [0.05, 0.1) is 5.69 Å². The van der Waals surface area contributed by atoms with Crippen LogP contribution in [0.1, 0.15) is 13.3 Å². The Bertz CT molecular complexity index is 411. The molecule has 1 rings (SSSR count). The maximum atomic E-state index is 13.8. The van der Waals surface area contributed by atoms with E-state index in [-0.39, 0.29) is 5.82 Å². The van der Waals surface area contributed by atoms with Crippen LogP contribution in [0.15, 0.2) is 29.3 Å². The van der Waals surface area contributed by atoms with Crippen molar-refractivity contribution < 1.29 is 9.13 Å².